The zero-order chi connectivity index (χ0) is 19.4. The molecule has 1 aliphatic rings. The van der Waals surface area contributed by atoms with Gasteiger partial charge < -0.3 is 10.5 Å². The Labute approximate surface area is 165 Å². The molecule has 0 saturated carbocycles. The highest BCUT2D eigenvalue weighted by molar-refractivity contribution is 8.18. The normalized spacial score (nSPS) is 17.0. The molecule has 2 aromatic rings. The highest BCUT2D eigenvalue weighted by Gasteiger charge is 2.30. The van der Waals surface area contributed by atoms with E-state index in [1.165, 1.54) is 16.7 Å². The molecular weight excluding hydrogens is 386 g/mol. The monoisotopic (exact) mass is 401 g/mol. The Balaban J connectivity index is 1.81. The summed E-state index contributed by atoms with van der Waals surface area (Å²) in [6, 6.07) is 14.5. The molecule has 0 atom stereocenters. The molecule has 8 heteroatoms. The van der Waals surface area contributed by atoms with E-state index < -0.39 is 5.91 Å². The molecule has 2 N–H and O–H groups in total. The third kappa shape index (κ3) is 4.69. The summed E-state index contributed by atoms with van der Waals surface area (Å²) >= 11 is 7.46. The predicted octanol–water partition coefficient (Wildman–Crippen LogP) is 3.44. The first-order valence-corrected chi connectivity index (χ1v) is 9.15. The van der Waals surface area contributed by atoms with Crippen LogP contribution >= 0.6 is 23.4 Å². The number of rotatable bonds is 5. The molecule has 0 aromatic heterocycles. The maximum absolute atomic E-state index is 12.5. The summed E-state index contributed by atoms with van der Waals surface area (Å²) in [4.78, 5) is 29.8. The van der Waals surface area contributed by atoms with Crippen molar-refractivity contribution in [2.75, 3.05) is 13.7 Å². The molecule has 2 amide bonds. The number of carbonyl (C=O) groups is 2. The molecular formula is C19H16ClN3O3S. The first-order chi connectivity index (χ1) is 12.9. The van der Waals surface area contributed by atoms with Crippen LogP contribution in [0.3, 0.4) is 0 Å². The van der Waals surface area contributed by atoms with Crippen LogP contribution in [0.1, 0.15) is 5.56 Å². The maximum atomic E-state index is 12.5. The number of para-hydroxylation sites is 1. The van der Waals surface area contributed by atoms with Crippen molar-refractivity contribution in [3.8, 4) is 5.75 Å². The summed E-state index contributed by atoms with van der Waals surface area (Å²) in [6.45, 7) is -0.251. The molecule has 6 nitrogen and oxygen atoms in total. The Hall–Kier alpha value is -2.77. The quantitative estimate of drug-likeness (QED) is 0.777. The Morgan fingerprint density at radius 2 is 2.04 bits per heavy atom. The van der Waals surface area contributed by atoms with Gasteiger partial charge in [-0.1, -0.05) is 35.9 Å². The van der Waals surface area contributed by atoms with E-state index in [0.29, 0.717) is 20.8 Å². The molecule has 2 aromatic carbocycles. The zero-order valence-corrected chi connectivity index (χ0v) is 16.0. The second-order valence-electron chi connectivity index (χ2n) is 5.65. The van der Waals surface area contributed by atoms with Gasteiger partial charge in [-0.2, -0.15) is 0 Å². The third-order valence-corrected chi connectivity index (χ3v) is 4.96. The number of thioether (sulfide) groups is 1. The first-order valence-electron chi connectivity index (χ1n) is 7.96. The summed E-state index contributed by atoms with van der Waals surface area (Å²) in [5.41, 5.74) is 6.56. The van der Waals surface area contributed by atoms with Crippen LogP contribution in [0.25, 0.3) is 6.08 Å². The summed E-state index contributed by atoms with van der Waals surface area (Å²) < 4.78 is 5.22. The van der Waals surface area contributed by atoms with E-state index in [1.54, 1.807) is 31.3 Å². The van der Waals surface area contributed by atoms with Crippen molar-refractivity contribution >= 4 is 52.1 Å². The number of likely N-dealkylation sites (N-methyl/N-ethyl adjacent to an activating group) is 1. The van der Waals surface area contributed by atoms with E-state index in [2.05, 4.69) is 4.99 Å². The second kappa shape index (κ2) is 8.28. The number of ether oxygens (including phenoxy) is 1. The van der Waals surface area contributed by atoms with Gasteiger partial charge in [-0.05, 0) is 47.7 Å². The predicted molar refractivity (Wildman–Crippen MR) is 108 cm³/mol. The van der Waals surface area contributed by atoms with Gasteiger partial charge in [0.15, 0.2) is 11.8 Å². The smallest absolute Gasteiger partial charge is 0.266 e. The number of aliphatic imine (C=N–C) groups is 1. The van der Waals surface area contributed by atoms with Crippen LogP contribution < -0.4 is 10.5 Å². The van der Waals surface area contributed by atoms with Gasteiger partial charge in [0, 0.05) is 7.05 Å². The number of hydrogen-bond donors (Lipinski definition) is 1. The minimum absolute atomic E-state index is 0.139. The zero-order valence-electron chi connectivity index (χ0n) is 14.4. The molecule has 1 saturated heterocycles. The number of amidine groups is 1. The second-order valence-corrected chi connectivity index (χ2v) is 7.07. The van der Waals surface area contributed by atoms with Crippen LogP contribution in [-0.2, 0) is 9.59 Å². The van der Waals surface area contributed by atoms with Crippen LogP contribution in [0.5, 0.6) is 5.75 Å². The van der Waals surface area contributed by atoms with Crippen molar-refractivity contribution in [3.05, 3.63) is 64.0 Å². The summed E-state index contributed by atoms with van der Waals surface area (Å²) in [7, 11) is 1.69. The highest BCUT2D eigenvalue weighted by atomic mass is 35.5. The Bertz CT molecular complexity index is 944. The average molecular weight is 402 g/mol. The van der Waals surface area contributed by atoms with Crippen LogP contribution in [0.2, 0.25) is 5.02 Å². The van der Waals surface area contributed by atoms with Crippen LogP contribution in [0.4, 0.5) is 5.69 Å². The average Bonchev–Trinajstić information content (AvgIpc) is 2.90. The van der Waals surface area contributed by atoms with Crippen LogP contribution in [-0.4, -0.2) is 35.5 Å². The van der Waals surface area contributed by atoms with E-state index in [4.69, 9.17) is 22.1 Å². The van der Waals surface area contributed by atoms with Crippen molar-refractivity contribution in [1.29, 1.82) is 0 Å². The Morgan fingerprint density at radius 3 is 2.70 bits per heavy atom. The van der Waals surface area contributed by atoms with E-state index in [0.717, 1.165) is 11.3 Å². The molecule has 27 heavy (non-hydrogen) atoms. The van der Waals surface area contributed by atoms with Crippen molar-refractivity contribution in [1.82, 2.24) is 4.90 Å². The summed E-state index contributed by atoms with van der Waals surface area (Å²) in [6.07, 6.45) is 1.74. The first kappa shape index (κ1) is 19.0. The van der Waals surface area contributed by atoms with E-state index in [1.807, 2.05) is 30.3 Å². The maximum Gasteiger partial charge on any atom is 0.266 e. The van der Waals surface area contributed by atoms with Gasteiger partial charge in [0.1, 0.15) is 5.75 Å². The number of halogens is 1. The lowest BCUT2D eigenvalue weighted by atomic mass is 10.2. The SMILES string of the molecule is CN1C(=O)C(=Cc2ccc(OCC(N)=O)c(Cl)c2)SC1=Nc1ccccc1. The molecule has 1 aliphatic heterocycles. The van der Waals surface area contributed by atoms with E-state index in [-0.39, 0.29) is 12.5 Å². The molecule has 0 radical (unpaired) electrons. The molecule has 0 bridgehead atoms. The Kier molecular flexibility index (Phi) is 5.83. The molecule has 0 spiro atoms. The van der Waals surface area contributed by atoms with Crippen molar-refractivity contribution in [3.63, 3.8) is 0 Å². The number of nitrogens with zero attached hydrogens (tertiary/aromatic N) is 2. The fourth-order valence-corrected chi connectivity index (χ4v) is 3.52. The minimum atomic E-state index is -0.585. The van der Waals surface area contributed by atoms with Gasteiger partial charge in [0.25, 0.3) is 11.8 Å². The molecule has 0 aliphatic carbocycles. The van der Waals surface area contributed by atoms with Crippen molar-refractivity contribution in [2.45, 2.75) is 0 Å². The molecule has 1 heterocycles. The number of amides is 2. The largest absolute Gasteiger partial charge is 0.482 e. The summed E-state index contributed by atoms with van der Waals surface area (Å²) in [5, 5.41) is 0.928. The van der Waals surface area contributed by atoms with Gasteiger partial charge in [0.05, 0.1) is 15.6 Å². The van der Waals surface area contributed by atoms with E-state index in [9.17, 15) is 9.59 Å². The lowest BCUT2D eigenvalue weighted by Gasteiger charge is -2.07. The van der Waals surface area contributed by atoms with Gasteiger partial charge >= 0.3 is 0 Å². The molecule has 1 fully saturated rings. The van der Waals surface area contributed by atoms with Gasteiger partial charge in [-0.3, -0.25) is 14.5 Å². The number of benzene rings is 2. The van der Waals surface area contributed by atoms with Gasteiger partial charge in [-0.25, -0.2) is 4.99 Å². The number of hydrogen-bond acceptors (Lipinski definition) is 5. The van der Waals surface area contributed by atoms with Crippen LogP contribution in [0.15, 0.2) is 58.4 Å². The third-order valence-electron chi connectivity index (χ3n) is 3.61. The molecule has 138 valence electrons. The van der Waals surface area contributed by atoms with Crippen molar-refractivity contribution in [2.24, 2.45) is 10.7 Å². The highest BCUT2D eigenvalue weighted by Crippen LogP contribution is 2.34. The summed E-state index contributed by atoms with van der Waals surface area (Å²) in [5.74, 6) is -0.371. The number of carbonyl (C=O) groups excluding carboxylic acids is 2. The topological polar surface area (TPSA) is 85.0 Å². The van der Waals surface area contributed by atoms with Crippen LogP contribution in [0, 0.1) is 0 Å². The standard InChI is InChI=1S/C19H16ClN3O3S/c1-23-18(25)16(27-19(23)22-13-5-3-2-4-6-13)10-12-7-8-15(14(20)9-12)26-11-17(21)24/h2-10H,11H2,1H3,(H2,21,24). The van der Waals surface area contributed by atoms with E-state index >= 15 is 0 Å². The molecule has 0 unspecified atom stereocenters. The fraction of sp³-hybridized carbons (Fsp3) is 0.105. The van der Waals surface area contributed by atoms with Crippen molar-refractivity contribution < 1.29 is 14.3 Å². The van der Waals surface area contributed by atoms with Gasteiger partial charge in [0.2, 0.25) is 0 Å². The molecule has 3 rings (SSSR count). The van der Waals surface area contributed by atoms with Gasteiger partial charge in [-0.15, -0.1) is 0 Å². The lowest BCUT2D eigenvalue weighted by Crippen LogP contribution is -2.23. The Morgan fingerprint density at radius 1 is 1.30 bits per heavy atom. The minimum Gasteiger partial charge on any atom is -0.482 e. The lowest BCUT2D eigenvalue weighted by molar-refractivity contribution is -0.121. The fourth-order valence-electron chi connectivity index (χ4n) is 2.29. The number of primary amides is 1. The number of nitrogens with two attached hydrogens (primary N) is 1.